The van der Waals surface area contributed by atoms with Crippen molar-refractivity contribution in [2.75, 3.05) is 18.5 Å². The molecule has 1 atom stereocenters. The molecule has 3 N–H and O–H groups in total. The summed E-state index contributed by atoms with van der Waals surface area (Å²) in [6.45, 7) is 6.77. The van der Waals surface area contributed by atoms with Gasteiger partial charge in [-0.05, 0) is 43.2 Å². The Morgan fingerprint density at radius 2 is 2.14 bits per heavy atom. The fourth-order valence-electron chi connectivity index (χ4n) is 2.15. The van der Waals surface area contributed by atoms with E-state index in [1.165, 1.54) is 11.3 Å². The van der Waals surface area contributed by atoms with Crippen molar-refractivity contribution >= 4 is 28.2 Å². The minimum atomic E-state index is -0.411. The number of nitrogens with one attached hydrogen (secondary N) is 1. The monoisotopic (exact) mass is 312 g/mol. The van der Waals surface area contributed by atoms with Crippen LogP contribution in [0.1, 0.15) is 44.0 Å². The van der Waals surface area contributed by atoms with E-state index in [0.717, 1.165) is 6.42 Å². The molecule has 1 unspecified atom stereocenters. The van der Waals surface area contributed by atoms with E-state index in [0.29, 0.717) is 36.1 Å². The summed E-state index contributed by atoms with van der Waals surface area (Å²) >= 11 is 1.32. The second kappa shape index (κ2) is 8.79. The maximum atomic E-state index is 12.1. The van der Waals surface area contributed by atoms with Crippen LogP contribution in [0.5, 0.6) is 0 Å². The molecule has 1 amide bonds. The first-order valence-corrected chi connectivity index (χ1v) is 8.10. The predicted molar refractivity (Wildman–Crippen MR) is 85.5 cm³/mol. The molecule has 6 heteroatoms. The second-order valence-corrected chi connectivity index (χ2v) is 6.28. The van der Waals surface area contributed by atoms with Crippen molar-refractivity contribution in [2.24, 2.45) is 17.6 Å². The molecule has 0 aliphatic rings. The third-order valence-corrected chi connectivity index (χ3v) is 3.86. The molecule has 0 saturated carbocycles. The summed E-state index contributed by atoms with van der Waals surface area (Å²) in [6, 6.07) is 1.66. The number of rotatable bonds is 8. The number of hydrogen-bond donors (Lipinski definition) is 2. The number of thiophene rings is 1. The largest absolute Gasteiger partial charge is 0.462 e. The van der Waals surface area contributed by atoms with Gasteiger partial charge in [-0.1, -0.05) is 13.8 Å². The van der Waals surface area contributed by atoms with Gasteiger partial charge in [0.05, 0.1) is 12.2 Å². The average molecular weight is 312 g/mol. The molecular weight excluding hydrogens is 288 g/mol. The van der Waals surface area contributed by atoms with Gasteiger partial charge in [0.25, 0.3) is 0 Å². The van der Waals surface area contributed by atoms with Crippen LogP contribution in [-0.4, -0.2) is 25.0 Å². The van der Waals surface area contributed by atoms with Crippen LogP contribution < -0.4 is 11.1 Å². The molecule has 0 aliphatic heterocycles. The molecule has 5 nitrogen and oxygen atoms in total. The number of carbonyl (C=O) groups excluding carboxylic acids is 2. The van der Waals surface area contributed by atoms with Crippen molar-refractivity contribution in [1.29, 1.82) is 0 Å². The lowest BCUT2D eigenvalue weighted by Crippen LogP contribution is -2.23. The second-order valence-electron chi connectivity index (χ2n) is 5.37. The maximum Gasteiger partial charge on any atom is 0.341 e. The molecule has 1 aromatic rings. The van der Waals surface area contributed by atoms with E-state index in [1.54, 1.807) is 18.4 Å². The van der Waals surface area contributed by atoms with Crippen LogP contribution in [-0.2, 0) is 9.53 Å². The summed E-state index contributed by atoms with van der Waals surface area (Å²) in [7, 11) is 0. The van der Waals surface area contributed by atoms with Gasteiger partial charge >= 0.3 is 5.97 Å². The normalized spacial score (nSPS) is 12.2. The van der Waals surface area contributed by atoms with Gasteiger partial charge in [0.2, 0.25) is 5.91 Å². The number of nitrogens with two attached hydrogens (primary N) is 1. The van der Waals surface area contributed by atoms with Crippen LogP contribution in [0.25, 0.3) is 0 Å². The van der Waals surface area contributed by atoms with E-state index < -0.39 is 5.97 Å². The average Bonchev–Trinajstić information content (AvgIpc) is 2.85. The molecule has 0 saturated heterocycles. The quantitative estimate of drug-likeness (QED) is 0.723. The van der Waals surface area contributed by atoms with Crippen LogP contribution in [0.15, 0.2) is 11.4 Å². The molecular formula is C15H24N2O3S. The summed E-state index contributed by atoms with van der Waals surface area (Å²) in [5, 5.41) is 5.09. The highest BCUT2D eigenvalue weighted by Crippen LogP contribution is 2.25. The Bertz CT molecular complexity index is 471. The van der Waals surface area contributed by atoms with Crippen molar-refractivity contribution in [3.63, 3.8) is 0 Å². The third kappa shape index (κ3) is 5.85. The SMILES string of the molecule is CCOC(=O)c1ccsc1NC(=O)CC(CN)CC(C)C. The summed E-state index contributed by atoms with van der Waals surface area (Å²) in [4.78, 5) is 23.8. The summed E-state index contributed by atoms with van der Waals surface area (Å²) in [5.41, 5.74) is 6.11. The van der Waals surface area contributed by atoms with Gasteiger partial charge < -0.3 is 15.8 Å². The fraction of sp³-hybridized carbons (Fsp3) is 0.600. The molecule has 0 spiro atoms. The molecule has 118 valence electrons. The summed E-state index contributed by atoms with van der Waals surface area (Å²) < 4.78 is 4.96. The van der Waals surface area contributed by atoms with Crippen molar-refractivity contribution in [3.8, 4) is 0 Å². The van der Waals surface area contributed by atoms with Gasteiger partial charge in [-0.25, -0.2) is 4.79 Å². The first-order valence-electron chi connectivity index (χ1n) is 7.22. The van der Waals surface area contributed by atoms with Crippen molar-refractivity contribution < 1.29 is 14.3 Å². The zero-order chi connectivity index (χ0) is 15.8. The Hall–Kier alpha value is -1.40. The van der Waals surface area contributed by atoms with Crippen LogP contribution in [0, 0.1) is 11.8 Å². The van der Waals surface area contributed by atoms with Crippen LogP contribution in [0.3, 0.4) is 0 Å². The molecule has 1 rings (SSSR count). The molecule has 1 aromatic heterocycles. The molecule has 0 aromatic carbocycles. The minimum absolute atomic E-state index is 0.112. The molecule has 1 heterocycles. The molecule has 0 radical (unpaired) electrons. The lowest BCUT2D eigenvalue weighted by molar-refractivity contribution is -0.117. The smallest absolute Gasteiger partial charge is 0.341 e. The molecule has 0 fully saturated rings. The number of hydrogen-bond acceptors (Lipinski definition) is 5. The Kier molecular flexibility index (Phi) is 7.39. The highest BCUT2D eigenvalue weighted by Gasteiger charge is 2.18. The van der Waals surface area contributed by atoms with Crippen LogP contribution in [0.4, 0.5) is 5.00 Å². The highest BCUT2D eigenvalue weighted by molar-refractivity contribution is 7.14. The van der Waals surface area contributed by atoms with Crippen LogP contribution >= 0.6 is 11.3 Å². The number of anilines is 1. The lowest BCUT2D eigenvalue weighted by Gasteiger charge is -2.16. The van der Waals surface area contributed by atoms with Crippen molar-refractivity contribution in [1.82, 2.24) is 0 Å². The van der Waals surface area contributed by atoms with E-state index in [-0.39, 0.29) is 11.8 Å². The lowest BCUT2D eigenvalue weighted by atomic mass is 9.94. The van der Waals surface area contributed by atoms with E-state index in [4.69, 9.17) is 10.5 Å². The Morgan fingerprint density at radius 3 is 2.71 bits per heavy atom. The van der Waals surface area contributed by atoms with Crippen LogP contribution in [0.2, 0.25) is 0 Å². The van der Waals surface area contributed by atoms with E-state index in [1.807, 2.05) is 0 Å². The number of ether oxygens (including phenoxy) is 1. The predicted octanol–water partition coefficient (Wildman–Crippen LogP) is 2.87. The topological polar surface area (TPSA) is 81.4 Å². The first kappa shape index (κ1) is 17.7. The van der Waals surface area contributed by atoms with Gasteiger partial charge in [0.1, 0.15) is 5.00 Å². The van der Waals surface area contributed by atoms with Gasteiger partial charge in [-0.15, -0.1) is 11.3 Å². The molecule has 0 aliphatic carbocycles. The standard InChI is InChI=1S/C15H24N2O3S/c1-4-20-15(19)12-5-6-21-14(12)17-13(18)8-11(9-16)7-10(2)3/h5-6,10-11H,4,7-9,16H2,1-3H3,(H,17,18). The molecule has 0 bridgehead atoms. The Morgan fingerprint density at radius 1 is 1.43 bits per heavy atom. The zero-order valence-electron chi connectivity index (χ0n) is 12.8. The number of esters is 1. The summed E-state index contributed by atoms with van der Waals surface area (Å²) in [6.07, 6.45) is 1.29. The minimum Gasteiger partial charge on any atom is -0.462 e. The zero-order valence-corrected chi connectivity index (χ0v) is 13.7. The Labute approximate surface area is 129 Å². The highest BCUT2D eigenvalue weighted by atomic mass is 32.1. The third-order valence-electron chi connectivity index (χ3n) is 3.03. The number of carbonyl (C=O) groups is 2. The van der Waals surface area contributed by atoms with Crippen molar-refractivity contribution in [3.05, 3.63) is 17.0 Å². The van der Waals surface area contributed by atoms with E-state index >= 15 is 0 Å². The number of amides is 1. The Balaban J connectivity index is 2.63. The van der Waals surface area contributed by atoms with E-state index in [2.05, 4.69) is 19.2 Å². The van der Waals surface area contributed by atoms with Gasteiger partial charge in [0, 0.05) is 6.42 Å². The van der Waals surface area contributed by atoms with Crippen molar-refractivity contribution in [2.45, 2.75) is 33.6 Å². The van der Waals surface area contributed by atoms with Gasteiger partial charge in [-0.3, -0.25) is 4.79 Å². The molecule has 21 heavy (non-hydrogen) atoms. The van der Waals surface area contributed by atoms with Gasteiger partial charge in [0.15, 0.2) is 0 Å². The van der Waals surface area contributed by atoms with E-state index in [9.17, 15) is 9.59 Å². The van der Waals surface area contributed by atoms with Gasteiger partial charge in [-0.2, -0.15) is 0 Å². The fourth-order valence-corrected chi connectivity index (χ4v) is 2.94. The summed E-state index contributed by atoms with van der Waals surface area (Å²) in [5.74, 6) is 0.143. The first-order chi connectivity index (χ1) is 9.97. The maximum absolute atomic E-state index is 12.1.